The van der Waals surface area contributed by atoms with E-state index in [0.717, 1.165) is 32.6 Å². The topological polar surface area (TPSA) is 41.6 Å². The summed E-state index contributed by atoms with van der Waals surface area (Å²) < 4.78 is 5.55. The summed E-state index contributed by atoms with van der Waals surface area (Å²) in [7, 11) is 0. The van der Waals surface area contributed by atoms with Gasteiger partial charge in [0.15, 0.2) is 0 Å². The van der Waals surface area contributed by atoms with E-state index in [4.69, 9.17) is 4.74 Å². The Morgan fingerprint density at radius 3 is 3.05 bits per heavy atom. The van der Waals surface area contributed by atoms with Gasteiger partial charge in [-0.05, 0) is 32.2 Å². The Balaban J connectivity index is 0.00000133. The zero-order valence-corrected chi connectivity index (χ0v) is 12.5. The lowest BCUT2D eigenvalue weighted by Gasteiger charge is -2.42. The smallest absolute Gasteiger partial charge is 0.230 e. The fourth-order valence-corrected chi connectivity index (χ4v) is 3.99. The molecule has 19 heavy (non-hydrogen) atoms. The van der Waals surface area contributed by atoms with Crippen molar-refractivity contribution in [1.29, 1.82) is 0 Å². The second-order valence-electron chi connectivity index (χ2n) is 6.16. The van der Waals surface area contributed by atoms with Gasteiger partial charge in [0.25, 0.3) is 0 Å². The van der Waals surface area contributed by atoms with E-state index in [-0.39, 0.29) is 23.9 Å². The van der Waals surface area contributed by atoms with Crippen molar-refractivity contribution in [2.75, 3.05) is 32.8 Å². The maximum absolute atomic E-state index is 12.9. The van der Waals surface area contributed by atoms with Crippen molar-refractivity contribution in [2.24, 2.45) is 11.3 Å². The molecule has 3 atom stereocenters. The molecule has 0 aromatic heterocycles. The molecule has 3 aliphatic rings. The number of morpholine rings is 1. The van der Waals surface area contributed by atoms with Crippen LogP contribution in [0.5, 0.6) is 0 Å². The number of fused-ring (bicyclic) bond motifs is 1. The molecule has 2 heterocycles. The standard InChI is InChI=1S/C14H24N2O2.ClH/c1-11-9-16(6-7-18-11)13(17)14-5-3-2-4-12(14)8-15-10-14;/h11-12,15H,2-10H2,1H3;1H/t11?,12-,14+;/m0./s1. The molecule has 1 aliphatic carbocycles. The number of hydrogen-bond acceptors (Lipinski definition) is 3. The summed E-state index contributed by atoms with van der Waals surface area (Å²) in [5.41, 5.74) is -0.0880. The van der Waals surface area contributed by atoms with Crippen LogP contribution >= 0.6 is 12.4 Å². The summed E-state index contributed by atoms with van der Waals surface area (Å²) in [6.07, 6.45) is 4.99. The first-order valence-electron chi connectivity index (χ1n) is 7.34. The highest BCUT2D eigenvalue weighted by atomic mass is 35.5. The molecule has 1 N–H and O–H groups in total. The largest absolute Gasteiger partial charge is 0.375 e. The van der Waals surface area contributed by atoms with Crippen molar-refractivity contribution in [2.45, 2.75) is 38.7 Å². The Morgan fingerprint density at radius 1 is 1.42 bits per heavy atom. The molecule has 1 unspecified atom stereocenters. The van der Waals surface area contributed by atoms with Crippen LogP contribution in [0.15, 0.2) is 0 Å². The summed E-state index contributed by atoms with van der Waals surface area (Å²) >= 11 is 0. The number of nitrogens with zero attached hydrogens (tertiary/aromatic N) is 1. The van der Waals surface area contributed by atoms with E-state index >= 15 is 0 Å². The lowest BCUT2D eigenvalue weighted by Crippen LogP contribution is -2.54. The molecule has 3 fully saturated rings. The molecule has 2 aliphatic heterocycles. The first-order valence-corrected chi connectivity index (χ1v) is 7.34. The van der Waals surface area contributed by atoms with Crippen LogP contribution in [0.4, 0.5) is 0 Å². The van der Waals surface area contributed by atoms with E-state index in [1.54, 1.807) is 0 Å². The number of hydrogen-bond donors (Lipinski definition) is 1. The third-order valence-corrected chi connectivity index (χ3v) is 4.99. The molecule has 2 saturated heterocycles. The fourth-order valence-electron chi connectivity index (χ4n) is 3.99. The van der Waals surface area contributed by atoms with Crippen molar-refractivity contribution in [1.82, 2.24) is 10.2 Å². The van der Waals surface area contributed by atoms with Gasteiger partial charge in [-0.25, -0.2) is 0 Å². The maximum Gasteiger partial charge on any atom is 0.230 e. The van der Waals surface area contributed by atoms with Crippen LogP contribution in [-0.2, 0) is 9.53 Å². The molecule has 3 rings (SSSR count). The minimum Gasteiger partial charge on any atom is -0.375 e. The molecule has 1 amide bonds. The van der Waals surface area contributed by atoms with Gasteiger partial charge >= 0.3 is 0 Å². The van der Waals surface area contributed by atoms with Crippen LogP contribution in [0.2, 0.25) is 0 Å². The van der Waals surface area contributed by atoms with E-state index in [1.165, 1.54) is 19.3 Å². The Hall–Kier alpha value is -0.320. The molecule has 0 spiro atoms. The summed E-state index contributed by atoms with van der Waals surface area (Å²) in [5.74, 6) is 0.962. The monoisotopic (exact) mass is 288 g/mol. The van der Waals surface area contributed by atoms with Gasteiger partial charge in [0.05, 0.1) is 18.1 Å². The van der Waals surface area contributed by atoms with Crippen LogP contribution in [0.3, 0.4) is 0 Å². The second-order valence-corrected chi connectivity index (χ2v) is 6.16. The van der Waals surface area contributed by atoms with Gasteiger partial charge in [0, 0.05) is 19.6 Å². The average Bonchev–Trinajstić information content (AvgIpc) is 2.82. The number of carbonyl (C=O) groups is 1. The lowest BCUT2D eigenvalue weighted by molar-refractivity contribution is -0.152. The number of halogens is 1. The molecule has 4 nitrogen and oxygen atoms in total. The van der Waals surface area contributed by atoms with Gasteiger partial charge in [0.1, 0.15) is 0 Å². The molecular formula is C14H25ClN2O2. The van der Waals surface area contributed by atoms with Crippen LogP contribution in [-0.4, -0.2) is 49.7 Å². The molecular weight excluding hydrogens is 264 g/mol. The quantitative estimate of drug-likeness (QED) is 0.794. The zero-order valence-electron chi connectivity index (χ0n) is 11.7. The number of ether oxygens (including phenoxy) is 1. The second kappa shape index (κ2) is 5.98. The van der Waals surface area contributed by atoms with Crippen molar-refractivity contribution in [3.05, 3.63) is 0 Å². The van der Waals surface area contributed by atoms with E-state index in [9.17, 15) is 4.79 Å². The van der Waals surface area contributed by atoms with Crippen LogP contribution in [0, 0.1) is 11.3 Å². The summed E-state index contributed by atoms with van der Waals surface area (Å²) in [6.45, 7) is 6.22. The molecule has 110 valence electrons. The Labute approximate surface area is 121 Å². The Morgan fingerprint density at radius 2 is 2.26 bits per heavy atom. The van der Waals surface area contributed by atoms with Crippen molar-refractivity contribution in [3.63, 3.8) is 0 Å². The van der Waals surface area contributed by atoms with Gasteiger partial charge < -0.3 is 15.0 Å². The van der Waals surface area contributed by atoms with Gasteiger partial charge in [-0.3, -0.25) is 4.79 Å². The van der Waals surface area contributed by atoms with Crippen molar-refractivity contribution < 1.29 is 9.53 Å². The summed E-state index contributed by atoms with van der Waals surface area (Å²) in [6, 6.07) is 0. The molecule has 1 saturated carbocycles. The van der Waals surface area contributed by atoms with Crippen molar-refractivity contribution >= 4 is 18.3 Å². The van der Waals surface area contributed by atoms with Gasteiger partial charge in [-0.15, -0.1) is 12.4 Å². The minimum absolute atomic E-state index is 0. The fraction of sp³-hybridized carbons (Fsp3) is 0.929. The molecule has 5 heteroatoms. The number of nitrogens with one attached hydrogen (secondary N) is 1. The van der Waals surface area contributed by atoms with E-state index in [0.29, 0.717) is 18.4 Å². The van der Waals surface area contributed by atoms with Gasteiger partial charge in [0.2, 0.25) is 5.91 Å². The maximum atomic E-state index is 12.9. The molecule has 0 bridgehead atoms. The number of rotatable bonds is 1. The van der Waals surface area contributed by atoms with Crippen molar-refractivity contribution in [3.8, 4) is 0 Å². The van der Waals surface area contributed by atoms with E-state index in [1.807, 2.05) is 0 Å². The first kappa shape index (κ1) is 15.1. The summed E-state index contributed by atoms with van der Waals surface area (Å²) in [4.78, 5) is 15.0. The molecule has 0 aromatic carbocycles. The zero-order chi connectivity index (χ0) is 12.6. The number of carbonyl (C=O) groups excluding carboxylic acids is 1. The third kappa shape index (κ3) is 2.63. The average molecular weight is 289 g/mol. The minimum atomic E-state index is -0.0880. The summed E-state index contributed by atoms with van der Waals surface area (Å²) in [5, 5.41) is 3.46. The SMILES string of the molecule is CC1CN(C(=O)[C@@]23CCCC[C@H]2CNC3)CCO1.Cl. The highest BCUT2D eigenvalue weighted by molar-refractivity contribution is 5.85. The predicted octanol–water partition coefficient (Wildman–Crippen LogP) is 1.44. The normalized spacial score (nSPS) is 38.5. The third-order valence-electron chi connectivity index (χ3n) is 4.99. The number of amides is 1. The van der Waals surface area contributed by atoms with Crippen LogP contribution < -0.4 is 5.32 Å². The van der Waals surface area contributed by atoms with Gasteiger partial charge in [-0.2, -0.15) is 0 Å². The van der Waals surface area contributed by atoms with E-state index in [2.05, 4.69) is 17.1 Å². The van der Waals surface area contributed by atoms with E-state index < -0.39 is 0 Å². The highest BCUT2D eigenvalue weighted by Crippen LogP contribution is 2.45. The van der Waals surface area contributed by atoms with Crippen LogP contribution in [0.1, 0.15) is 32.6 Å². The molecule has 0 radical (unpaired) electrons. The Bertz CT molecular complexity index is 339. The first-order chi connectivity index (χ1) is 8.72. The van der Waals surface area contributed by atoms with Crippen LogP contribution in [0.25, 0.3) is 0 Å². The highest BCUT2D eigenvalue weighted by Gasteiger charge is 2.51. The van der Waals surface area contributed by atoms with Gasteiger partial charge in [-0.1, -0.05) is 12.8 Å². The predicted molar refractivity (Wildman–Crippen MR) is 76.5 cm³/mol. The Kier molecular flexibility index (Phi) is 4.75. The lowest BCUT2D eigenvalue weighted by atomic mass is 9.67. The molecule has 0 aromatic rings.